The van der Waals surface area contributed by atoms with Gasteiger partial charge in [0.1, 0.15) is 35.2 Å². The summed E-state index contributed by atoms with van der Waals surface area (Å²) in [5, 5.41) is 8.58. The molecule has 0 aliphatic rings. The van der Waals surface area contributed by atoms with E-state index in [2.05, 4.69) is 19.9 Å². The summed E-state index contributed by atoms with van der Waals surface area (Å²) in [6, 6.07) is 7.29. The topological polar surface area (TPSA) is 96.7 Å². The molecule has 7 nitrogen and oxygen atoms in total. The van der Waals surface area contributed by atoms with E-state index < -0.39 is 0 Å². The van der Waals surface area contributed by atoms with Gasteiger partial charge in [-0.3, -0.25) is 0 Å². The number of aromatic nitrogens is 4. The van der Waals surface area contributed by atoms with E-state index in [-0.39, 0.29) is 6.61 Å². The van der Waals surface area contributed by atoms with Crippen molar-refractivity contribution in [3.8, 4) is 29.0 Å². The van der Waals surface area contributed by atoms with E-state index in [4.69, 9.17) is 14.7 Å². The zero-order chi connectivity index (χ0) is 15.4. The summed E-state index contributed by atoms with van der Waals surface area (Å²) in [6.07, 6.45) is 3.11. The molecule has 22 heavy (non-hydrogen) atoms. The highest BCUT2D eigenvalue weighted by Crippen LogP contribution is 2.32. The fourth-order valence-electron chi connectivity index (χ4n) is 2.07. The highest BCUT2D eigenvalue weighted by Gasteiger charge is 2.13. The van der Waals surface area contributed by atoms with E-state index in [1.165, 1.54) is 6.33 Å². The number of hydrogen-bond acceptors (Lipinski definition) is 6. The number of nitriles is 1. The molecule has 0 saturated heterocycles. The molecular weight excluding hydrogens is 282 g/mol. The summed E-state index contributed by atoms with van der Waals surface area (Å²) in [4.78, 5) is 15.7. The molecule has 1 aromatic carbocycles. The largest absolute Gasteiger partial charge is 0.493 e. The molecule has 0 bridgehead atoms. The average Bonchev–Trinajstić information content (AvgIpc) is 2.97. The third kappa shape index (κ3) is 2.67. The number of aromatic amines is 1. The molecular formula is C15H13N5O2. The lowest BCUT2D eigenvalue weighted by molar-refractivity contribution is 0.333. The maximum absolute atomic E-state index is 8.58. The van der Waals surface area contributed by atoms with Crippen LogP contribution < -0.4 is 9.47 Å². The summed E-state index contributed by atoms with van der Waals surface area (Å²) < 4.78 is 10.9. The number of rotatable bonds is 5. The lowest BCUT2D eigenvalue weighted by Gasteiger charge is -2.10. The molecule has 110 valence electrons. The van der Waals surface area contributed by atoms with Crippen LogP contribution in [0.15, 0.2) is 30.7 Å². The molecule has 0 saturated carbocycles. The van der Waals surface area contributed by atoms with E-state index in [1.54, 1.807) is 18.3 Å². The Hall–Kier alpha value is -3.14. The minimum absolute atomic E-state index is 0.00879. The molecule has 3 rings (SSSR count). The monoisotopic (exact) mass is 295 g/mol. The number of ether oxygens (including phenoxy) is 2. The zero-order valence-electron chi connectivity index (χ0n) is 11.9. The van der Waals surface area contributed by atoms with Crippen LogP contribution in [-0.4, -0.2) is 33.1 Å². The molecule has 0 atom stereocenters. The Morgan fingerprint density at radius 1 is 1.32 bits per heavy atom. The number of hydrogen-bond donors (Lipinski definition) is 1. The Morgan fingerprint density at radius 3 is 3.00 bits per heavy atom. The van der Waals surface area contributed by atoms with Crippen LogP contribution in [0.1, 0.15) is 6.92 Å². The first-order chi connectivity index (χ1) is 10.8. The van der Waals surface area contributed by atoms with Gasteiger partial charge in [-0.1, -0.05) is 0 Å². The summed E-state index contributed by atoms with van der Waals surface area (Å²) in [5.41, 5.74) is 2.14. The first-order valence-electron chi connectivity index (χ1n) is 6.74. The van der Waals surface area contributed by atoms with Gasteiger partial charge in [-0.25, -0.2) is 15.0 Å². The van der Waals surface area contributed by atoms with Gasteiger partial charge in [0.15, 0.2) is 12.3 Å². The van der Waals surface area contributed by atoms with Gasteiger partial charge in [0.2, 0.25) is 0 Å². The van der Waals surface area contributed by atoms with Crippen LogP contribution in [-0.2, 0) is 0 Å². The zero-order valence-corrected chi connectivity index (χ0v) is 11.9. The third-order valence-corrected chi connectivity index (χ3v) is 2.97. The van der Waals surface area contributed by atoms with Crippen LogP contribution >= 0.6 is 0 Å². The van der Waals surface area contributed by atoms with Crippen LogP contribution in [0.3, 0.4) is 0 Å². The lowest BCUT2D eigenvalue weighted by Crippen LogP contribution is -1.98. The maximum atomic E-state index is 8.58. The first kappa shape index (κ1) is 13.8. The SMILES string of the molecule is CCOc1cc(OCC#N)ccc1-c1nc2cncnc2[nH]1. The van der Waals surface area contributed by atoms with Gasteiger partial charge in [-0.2, -0.15) is 5.26 Å². The predicted octanol–water partition coefficient (Wildman–Crippen LogP) is 2.32. The van der Waals surface area contributed by atoms with Gasteiger partial charge in [-0.05, 0) is 19.1 Å². The Kier molecular flexibility index (Phi) is 3.83. The van der Waals surface area contributed by atoms with Gasteiger partial charge in [-0.15, -0.1) is 0 Å². The Balaban J connectivity index is 2.02. The van der Waals surface area contributed by atoms with Crippen molar-refractivity contribution in [3.63, 3.8) is 0 Å². The van der Waals surface area contributed by atoms with Gasteiger partial charge in [0.25, 0.3) is 0 Å². The van der Waals surface area contributed by atoms with Crippen molar-refractivity contribution in [1.82, 2.24) is 19.9 Å². The second-order valence-corrected chi connectivity index (χ2v) is 4.38. The van der Waals surface area contributed by atoms with Gasteiger partial charge < -0.3 is 14.5 Å². The van der Waals surface area contributed by atoms with Gasteiger partial charge in [0, 0.05) is 6.07 Å². The average molecular weight is 295 g/mol. The van der Waals surface area contributed by atoms with Gasteiger partial charge in [0.05, 0.1) is 18.4 Å². The second-order valence-electron chi connectivity index (χ2n) is 4.38. The smallest absolute Gasteiger partial charge is 0.174 e. The van der Waals surface area contributed by atoms with E-state index in [9.17, 15) is 0 Å². The molecule has 0 radical (unpaired) electrons. The Morgan fingerprint density at radius 2 is 2.23 bits per heavy atom. The highest BCUT2D eigenvalue weighted by molar-refractivity contribution is 5.77. The van der Waals surface area contributed by atoms with Crippen LogP contribution in [0.25, 0.3) is 22.6 Å². The number of nitrogens with one attached hydrogen (secondary N) is 1. The molecule has 0 aliphatic carbocycles. The van der Waals surface area contributed by atoms with E-state index in [1.807, 2.05) is 19.1 Å². The van der Waals surface area contributed by atoms with Crippen molar-refractivity contribution in [1.29, 1.82) is 5.26 Å². The second kappa shape index (κ2) is 6.10. The summed E-state index contributed by atoms with van der Waals surface area (Å²) in [6.45, 7) is 2.40. The predicted molar refractivity (Wildman–Crippen MR) is 79.4 cm³/mol. The molecule has 7 heteroatoms. The fraction of sp³-hybridized carbons (Fsp3) is 0.200. The lowest BCUT2D eigenvalue weighted by atomic mass is 10.2. The van der Waals surface area contributed by atoms with Crippen molar-refractivity contribution >= 4 is 11.2 Å². The van der Waals surface area contributed by atoms with Crippen molar-refractivity contribution in [2.75, 3.05) is 13.2 Å². The van der Waals surface area contributed by atoms with Crippen LogP contribution in [0.4, 0.5) is 0 Å². The summed E-state index contributed by atoms with van der Waals surface area (Å²) >= 11 is 0. The van der Waals surface area contributed by atoms with Gasteiger partial charge >= 0.3 is 0 Å². The summed E-state index contributed by atoms with van der Waals surface area (Å²) in [7, 11) is 0. The minimum atomic E-state index is -0.00879. The van der Waals surface area contributed by atoms with Crippen molar-refractivity contribution < 1.29 is 9.47 Å². The molecule has 2 aromatic heterocycles. The number of H-pyrrole nitrogens is 1. The van der Waals surface area contributed by atoms with Crippen molar-refractivity contribution in [2.45, 2.75) is 6.92 Å². The third-order valence-electron chi connectivity index (χ3n) is 2.97. The molecule has 0 amide bonds. The molecule has 0 unspecified atom stereocenters. The maximum Gasteiger partial charge on any atom is 0.174 e. The molecule has 1 N–H and O–H groups in total. The van der Waals surface area contributed by atoms with E-state index in [0.717, 1.165) is 5.56 Å². The molecule has 0 spiro atoms. The fourth-order valence-corrected chi connectivity index (χ4v) is 2.07. The van der Waals surface area contributed by atoms with E-state index >= 15 is 0 Å². The number of imidazole rings is 1. The molecule has 0 aliphatic heterocycles. The first-order valence-corrected chi connectivity index (χ1v) is 6.74. The standard InChI is InChI=1S/C15H13N5O2/c1-2-21-13-7-10(22-6-5-16)3-4-11(13)14-19-12-8-17-9-18-15(12)20-14/h3-4,7-9H,2,6H2,1H3,(H,17,18,19,20). The number of nitrogens with zero attached hydrogens (tertiary/aromatic N) is 4. The normalized spacial score (nSPS) is 10.4. The van der Waals surface area contributed by atoms with Crippen LogP contribution in [0.5, 0.6) is 11.5 Å². The summed E-state index contributed by atoms with van der Waals surface area (Å²) in [5.74, 6) is 1.85. The Labute approximate surface area is 126 Å². The molecule has 0 fully saturated rings. The van der Waals surface area contributed by atoms with Crippen molar-refractivity contribution in [2.24, 2.45) is 0 Å². The quantitative estimate of drug-likeness (QED) is 0.775. The number of fused-ring (bicyclic) bond motifs is 1. The molecule has 2 heterocycles. The van der Waals surface area contributed by atoms with Crippen LogP contribution in [0, 0.1) is 11.3 Å². The molecule has 3 aromatic rings. The number of benzene rings is 1. The minimum Gasteiger partial charge on any atom is -0.493 e. The Bertz CT molecular complexity index is 804. The van der Waals surface area contributed by atoms with Crippen LogP contribution in [0.2, 0.25) is 0 Å². The highest BCUT2D eigenvalue weighted by atomic mass is 16.5. The van der Waals surface area contributed by atoms with E-state index in [0.29, 0.717) is 35.1 Å². The van der Waals surface area contributed by atoms with Crippen molar-refractivity contribution in [3.05, 3.63) is 30.7 Å².